The highest BCUT2D eigenvalue weighted by atomic mass is 19.4. The number of para-hydroxylation sites is 2. The average molecular weight is 421 g/mol. The van der Waals surface area contributed by atoms with E-state index in [1.807, 2.05) is 42.5 Å². The third-order valence-corrected chi connectivity index (χ3v) is 5.59. The molecule has 156 valence electrons. The minimum atomic E-state index is -4.87. The quantitative estimate of drug-likeness (QED) is 0.421. The van der Waals surface area contributed by atoms with Crippen molar-refractivity contribution in [3.8, 4) is 5.69 Å². The summed E-state index contributed by atoms with van der Waals surface area (Å²) in [4.78, 5) is 0. The van der Waals surface area contributed by atoms with Gasteiger partial charge in [0.25, 0.3) is 0 Å². The van der Waals surface area contributed by atoms with Gasteiger partial charge in [0, 0.05) is 17.1 Å². The number of benzene rings is 3. The lowest BCUT2D eigenvalue weighted by molar-refractivity contribution is -0.271. The van der Waals surface area contributed by atoms with Crippen molar-refractivity contribution in [2.75, 3.05) is 0 Å². The molecule has 2 aromatic heterocycles. The molecular formula is C24H18F3N3O. The van der Waals surface area contributed by atoms with Gasteiger partial charge in [-0.2, -0.15) is 18.3 Å². The van der Waals surface area contributed by atoms with Gasteiger partial charge in [-0.25, -0.2) is 4.68 Å². The van der Waals surface area contributed by atoms with Gasteiger partial charge in [0.15, 0.2) is 0 Å². The molecule has 0 bridgehead atoms. The summed E-state index contributed by atoms with van der Waals surface area (Å²) in [6.45, 7) is -0.650. The maximum absolute atomic E-state index is 14.2. The van der Waals surface area contributed by atoms with Crippen molar-refractivity contribution in [1.29, 1.82) is 0 Å². The Morgan fingerprint density at radius 1 is 0.806 bits per heavy atom. The van der Waals surface area contributed by atoms with Crippen LogP contribution in [-0.2, 0) is 12.1 Å². The van der Waals surface area contributed by atoms with Crippen LogP contribution < -0.4 is 0 Å². The van der Waals surface area contributed by atoms with E-state index >= 15 is 0 Å². The monoisotopic (exact) mass is 421 g/mol. The Kier molecular flexibility index (Phi) is 4.37. The first-order valence-electron chi connectivity index (χ1n) is 9.73. The van der Waals surface area contributed by atoms with E-state index < -0.39 is 18.3 Å². The minimum absolute atomic E-state index is 0.224. The van der Waals surface area contributed by atoms with Crippen molar-refractivity contribution in [2.24, 2.45) is 0 Å². The lowest BCUT2D eigenvalue weighted by Crippen LogP contribution is -2.45. The van der Waals surface area contributed by atoms with Gasteiger partial charge >= 0.3 is 6.18 Å². The fraction of sp³-hybridized carbons (Fsp3) is 0.125. The zero-order valence-corrected chi connectivity index (χ0v) is 16.3. The van der Waals surface area contributed by atoms with Gasteiger partial charge in [0.2, 0.25) is 5.60 Å². The summed E-state index contributed by atoms with van der Waals surface area (Å²) in [6.07, 6.45) is -1.80. The Hall–Kier alpha value is -3.58. The summed E-state index contributed by atoms with van der Waals surface area (Å²) in [5.41, 5.74) is -1.19. The fourth-order valence-corrected chi connectivity index (χ4v) is 3.93. The zero-order valence-electron chi connectivity index (χ0n) is 16.3. The topological polar surface area (TPSA) is 43.0 Å². The standard InChI is InChI=1S/C24H18F3N3O/c25-24(26,27)23(31,16-29-13-12-17-6-4-5-9-21(17)29)19-10-11-22-18(14-19)15-28-30(22)20-7-2-1-3-8-20/h1-15,31H,16H2. The van der Waals surface area contributed by atoms with Gasteiger partial charge in [0.05, 0.1) is 23.9 Å². The second-order valence-corrected chi connectivity index (χ2v) is 7.53. The predicted octanol–water partition coefficient (Wildman–Crippen LogP) is 5.43. The number of alkyl halides is 3. The molecule has 2 heterocycles. The second kappa shape index (κ2) is 6.99. The summed E-state index contributed by atoms with van der Waals surface area (Å²) in [5.74, 6) is 0. The fourth-order valence-electron chi connectivity index (χ4n) is 3.93. The number of hydrogen-bond acceptors (Lipinski definition) is 2. The Balaban J connectivity index is 1.60. The molecule has 5 aromatic rings. The Morgan fingerprint density at radius 3 is 2.32 bits per heavy atom. The van der Waals surface area contributed by atoms with Crippen molar-refractivity contribution in [3.05, 3.63) is 96.8 Å². The molecule has 0 aliphatic rings. The van der Waals surface area contributed by atoms with E-state index in [4.69, 9.17) is 0 Å². The van der Waals surface area contributed by atoms with Gasteiger partial charge in [-0.3, -0.25) is 0 Å². The molecule has 31 heavy (non-hydrogen) atoms. The number of rotatable bonds is 4. The predicted molar refractivity (Wildman–Crippen MR) is 113 cm³/mol. The number of fused-ring (bicyclic) bond motifs is 2. The molecule has 0 aliphatic carbocycles. The SMILES string of the molecule is OC(Cn1ccc2ccccc21)(c1ccc2c(cnn2-c2ccccc2)c1)C(F)(F)F. The third-order valence-electron chi connectivity index (χ3n) is 5.59. The molecule has 0 saturated carbocycles. The van der Waals surface area contributed by atoms with Crippen LogP contribution in [-0.4, -0.2) is 25.6 Å². The van der Waals surface area contributed by atoms with Crippen LogP contribution in [0, 0.1) is 0 Å². The van der Waals surface area contributed by atoms with Crippen LogP contribution in [0.15, 0.2) is 91.3 Å². The van der Waals surface area contributed by atoms with E-state index in [2.05, 4.69) is 5.10 Å². The van der Waals surface area contributed by atoms with Crippen molar-refractivity contribution in [1.82, 2.24) is 14.3 Å². The lowest BCUT2D eigenvalue weighted by Gasteiger charge is -2.31. The molecule has 1 atom stereocenters. The minimum Gasteiger partial charge on any atom is -0.375 e. The highest BCUT2D eigenvalue weighted by Gasteiger charge is 2.55. The average Bonchev–Trinajstić information content (AvgIpc) is 3.37. The van der Waals surface area contributed by atoms with Gasteiger partial charge in [-0.15, -0.1) is 0 Å². The summed E-state index contributed by atoms with van der Waals surface area (Å²) >= 11 is 0. The van der Waals surface area contributed by atoms with Gasteiger partial charge < -0.3 is 9.67 Å². The van der Waals surface area contributed by atoms with E-state index in [1.54, 1.807) is 35.1 Å². The smallest absolute Gasteiger partial charge is 0.375 e. The highest BCUT2D eigenvalue weighted by molar-refractivity contribution is 5.82. The number of hydrogen-bond donors (Lipinski definition) is 1. The molecule has 0 amide bonds. The molecule has 1 unspecified atom stereocenters. The first-order valence-corrected chi connectivity index (χ1v) is 9.73. The van der Waals surface area contributed by atoms with E-state index in [0.717, 1.165) is 11.1 Å². The first-order chi connectivity index (χ1) is 14.9. The highest BCUT2D eigenvalue weighted by Crippen LogP contribution is 2.42. The molecule has 0 fully saturated rings. The van der Waals surface area contributed by atoms with Crippen molar-refractivity contribution < 1.29 is 18.3 Å². The summed E-state index contributed by atoms with van der Waals surface area (Å²) < 4.78 is 45.6. The van der Waals surface area contributed by atoms with Crippen molar-refractivity contribution in [3.63, 3.8) is 0 Å². The first kappa shape index (κ1) is 19.4. The second-order valence-electron chi connectivity index (χ2n) is 7.53. The molecular weight excluding hydrogens is 403 g/mol. The molecule has 7 heteroatoms. The van der Waals surface area contributed by atoms with Gasteiger partial charge in [-0.05, 0) is 47.3 Å². The molecule has 0 aliphatic heterocycles. The van der Waals surface area contributed by atoms with Crippen LogP contribution in [0.25, 0.3) is 27.5 Å². The normalized spacial score (nSPS) is 14.2. The summed E-state index contributed by atoms with van der Waals surface area (Å²) in [7, 11) is 0. The summed E-state index contributed by atoms with van der Waals surface area (Å²) in [6, 6.07) is 22.5. The molecule has 5 rings (SSSR count). The molecule has 0 saturated heterocycles. The van der Waals surface area contributed by atoms with Crippen LogP contribution in [0.3, 0.4) is 0 Å². The van der Waals surface area contributed by atoms with Crippen molar-refractivity contribution in [2.45, 2.75) is 18.3 Å². The third kappa shape index (κ3) is 3.18. The molecule has 4 nitrogen and oxygen atoms in total. The van der Waals surface area contributed by atoms with E-state index in [-0.39, 0.29) is 5.56 Å². The molecule has 3 aromatic carbocycles. The van der Waals surface area contributed by atoms with Crippen LogP contribution in [0.2, 0.25) is 0 Å². The van der Waals surface area contributed by atoms with Gasteiger partial charge in [-0.1, -0.05) is 42.5 Å². The number of nitrogens with zero attached hydrogens (tertiary/aromatic N) is 3. The van der Waals surface area contributed by atoms with Gasteiger partial charge in [0.1, 0.15) is 0 Å². The molecule has 0 radical (unpaired) electrons. The lowest BCUT2D eigenvalue weighted by atomic mass is 9.91. The van der Waals surface area contributed by atoms with E-state index in [9.17, 15) is 18.3 Å². The Labute approximate surface area is 175 Å². The largest absolute Gasteiger partial charge is 0.423 e. The molecule has 0 spiro atoms. The number of halogens is 3. The number of aliphatic hydroxyl groups is 1. The molecule has 1 N–H and O–H groups in total. The maximum Gasteiger partial charge on any atom is 0.423 e. The van der Waals surface area contributed by atoms with Crippen LogP contribution in [0.4, 0.5) is 13.2 Å². The van der Waals surface area contributed by atoms with E-state index in [0.29, 0.717) is 16.4 Å². The van der Waals surface area contributed by atoms with Crippen LogP contribution >= 0.6 is 0 Å². The van der Waals surface area contributed by atoms with E-state index in [1.165, 1.54) is 22.9 Å². The maximum atomic E-state index is 14.2. The summed E-state index contributed by atoms with van der Waals surface area (Å²) in [5, 5.41) is 16.6. The van der Waals surface area contributed by atoms with Crippen LogP contribution in [0.1, 0.15) is 5.56 Å². The zero-order chi connectivity index (χ0) is 21.6. The Bertz CT molecular complexity index is 1370. The van der Waals surface area contributed by atoms with Crippen LogP contribution in [0.5, 0.6) is 0 Å². The number of aromatic nitrogens is 3. The van der Waals surface area contributed by atoms with Crippen molar-refractivity contribution >= 4 is 21.8 Å². The Morgan fingerprint density at radius 2 is 1.55 bits per heavy atom.